The normalized spacial score (nSPS) is 31.1. The Bertz CT molecular complexity index is 348. The van der Waals surface area contributed by atoms with Crippen molar-refractivity contribution in [3.05, 3.63) is 35.9 Å². The first-order chi connectivity index (χ1) is 8.34. The van der Waals surface area contributed by atoms with Gasteiger partial charge in [0.2, 0.25) is 0 Å². The van der Waals surface area contributed by atoms with Crippen LogP contribution in [0.4, 0.5) is 0 Å². The molecule has 92 valence electrons. The Labute approximate surface area is 104 Å². The molecule has 2 fully saturated rings. The molecule has 1 aromatic carbocycles. The van der Waals surface area contributed by atoms with Crippen molar-refractivity contribution in [1.82, 2.24) is 10.2 Å². The summed E-state index contributed by atoms with van der Waals surface area (Å²) in [4.78, 5) is 2.64. The molecule has 2 aliphatic heterocycles. The zero-order chi connectivity index (χ0) is 11.7. The first-order valence-electron chi connectivity index (χ1n) is 6.87. The van der Waals surface area contributed by atoms with Gasteiger partial charge in [0.05, 0.1) is 0 Å². The van der Waals surface area contributed by atoms with Gasteiger partial charge in [-0.2, -0.15) is 0 Å². The standard InChI is InChI=1S/C15H22N2/c1-12(13-6-3-2-4-7-13)17-10-14-8-5-9-16-15(14)11-17/h2-4,6-7,12,14-16H,5,8-11H2,1H3/t12-,14-,15+/m0/s1. The predicted octanol–water partition coefficient (Wildman–Crippen LogP) is 2.43. The highest BCUT2D eigenvalue weighted by Crippen LogP contribution is 2.31. The van der Waals surface area contributed by atoms with E-state index in [1.54, 1.807) is 0 Å². The van der Waals surface area contributed by atoms with Crippen LogP contribution in [0.1, 0.15) is 31.4 Å². The van der Waals surface area contributed by atoms with Crippen LogP contribution in [-0.2, 0) is 0 Å². The molecule has 0 saturated carbocycles. The van der Waals surface area contributed by atoms with Crippen LogP contribution in [0.2, 0.25) is 0 Å². The Morgan fingerprint density at radius 1 is 1.24 bits per heavy atom. The molecular formula is C15H22N2. The lowest BCUT2D eigenvalue weighted by molar-refractivity contribution is 0.251. The molecule has 2 heteroatoms. The summed E-state index contributed by atoms with van der Waals surface area (Å²) in [5.74, 6) is 0.884. The van der Waals surface area contributed by atoms with E-state index in [2.05, 4.69) is 47.5 Å². The van der Waals surface area contributed by atoms with Gasteiger partial charge in [-0.15, -0.1) is 0 Å². The zero-order valence-corrected chi connectivity index (χ0v) is 10.6. The van der Waals surface area contributed by atoms with Crippen molar-refractivity contribution in [2.75, 3.05) is 19.6 Å². The van der Waals surface area contributed by atoms with E-state index in [1.807, 2.05) is 0 Å². The molecule has 3 rings (SSSR count). The van der Waals surface area contributed by atoms with Crippen molar-refractivity contribution in [2.45, 2.75) is 31.8 Å². The average molecular weight is 230 g/mol. The number of benzene rings is 1. The van der Waals surface area contributed by atoms with Gasteiger partial charge in [-0.05, 0) is 37.8 Å². The van der Waals surface area contributed by atoms with Crippen molar-refractivity contribution < 1.29 is 0 Å². The molecule has 0 radical (unpaired) electrons. The summed E-state index contributed by atoms with van der Waals surface area (Å²) in [5.41, 5.74) is 1.45. The van der Waals surface area contributed by atoms with Crippen LogP contribution < -0.4 is 5.32 Å². The molecule has 0 aliphatic carbocycles. The van der Waals surface area contributed by atoms with Crippen LogP contribution in [0.3, 0.4) is 0 Å². The average Bonchev–Trinajstić information content (AvgIpc) is 2.82. The van der Waals surface area contributed by atoms with Gasteiger partial charge in [-0.25, -0.2) is 0 Å². The molecule has 0 amide bonds. The van der Waals surface area contributed by atoms with Crippen LogP contribution in [0, 0.1) is 5.92 Å². The molecule has 0 spiro atoms. The Kier molecular flexibility index (Phi) is 3.17. The highest BCUT2D eigenvalue weighted by atomic mass is 15.2. The summed E-state index contributed by atoms with van der Waals surface area (Å²) in [5, 5.41) is 3.68. The second-order valence-corrected chi connectivity index (χ2v) is 5.50. The van der Waals surface area contributed by atoms with Gasteiger partial charge in [0.1, 0.15) is 0 Å². The third kappa shape index (κ3) is 2.24. The lowest BCUT2D eigenvalue weighted by atomic mass is 9.94. The van der Waals surface area contributed by atoms with Crippen molar-refractivity contribution in [2.24, 2.45) is 5.92 Å². The SMILES string of the molecule is C[C@@H](c1ccccc1)N1C[C@@H]2CCCN[C@@H]2C1. The van der Waals surface area contributed by atoms with E-state index in [1.165, 1.54) is 38.0 Å². The van der Waals surface area contributed by atoms with Gasteiger partial charge >= 0.3 is 0 Å². The molecule has 2 heterocycles. The minimum absolute atomic E-state index is 0.559. The lowest BCUT2D eigenvalue weighted by Crippen LogP contribution is -2.40. The van der Waals surface area contributed by atoms with Crippen LogP contribution in [-0.4, -0.2) is 30.6 Å². The number of rotatable bonds is 2. The fourth-order valence-electron chi connectivity index (χ4n) is 3.34. The van der Waals surface area contributed by atoms with E-state index in [0.717, 1.165) is 12.0 Å². The lowest BCUT2D eigenvalue weighted by Gasteiger charge is -2.25. The summed E-state index contributed by atoms with van der Waals surface area (Å²) in [6.07, 6.45) is 2.77. The molecule has 2 aliphatic rings. The molecule has 1 N–H and O–H groups in total. The minimum Gasteiger partial charge on any atom is -0.312 e. The number of hydrogen-bond acceptors (Lipinski definition) is 2. The molecule has 3 atom stereocenters. The molecule has 1 aromatic rings. The number of fused-ring (bicyclic) bond motifs is 1. The third-order valence-corrected chi connectivity index (χ3v) is 4.46. The summed E-state index contributed by atoms with van der Waals surface area (Å²) in [6, 6.07) is 12.2. The zero-order valence-electron chi connectivity index (χ0n) is 10.6. The van der Waals surface area contributed by atoms with Crippen LogP contribution >= 0.6 is 0 Å². The van der Waals surface area contributed by atoms with Gasteiger partial charge < -0.3 is 5.32 Å². The fraction of sp³-hybridized carbons (Fsp3) is 0.600. The van der Waals surface area contributed by atoms with Crippen molar-refractivity contribution >= 4 is 0 Å². The topological polar surface area (TPSA) is 15.3 Å². The maximum atomic E-state index is 3.68. The third-order valence-electron chi connectivity index (χ3n) is 4.46. The number of hydrogen-bond donors (Lipinski definition) is 1. The van der Waals surface area contributed by atoms with E-state index in [9.17, 15) is 0 Å². The first kappa shape index (κ1) is 11.2. The van der Waals surface area contributed by atoms with E-state index in [-0.39, 0.29) is 0 Å². The van der Waals surface area contributed by atoms with Gasteiger partial charge in [-0.1, -0.05) is 30.3 Å². The van der Waals surface area contributed by atoms with E-state index in [4.69, 9.17) is 0 Å². The van der Waals surface area contributed by atoms with Gasteiger partial charge in [0.25, 0.3) is 0 Å². The molecule has 2 saturated heterocycles. The van der Waals surface area contributed by atoms with Gasteiger partial charge in [0.15, 0.2) is 0 Å². The second kappa shape index (κ2) is 4.79. The second-order valence-electron chi connectivity index (χ2n) is 5.50. The predicted molar refractivity (Wildman–Crippen MR) is 70.9 cm³/mol. The van der Waals surface area contributed by atoms with E-state index < -0.39 is 0 Å². The fourth-order valence-corrected chi connectivity index (χ4v) is 3.34. The monoisotopic (exact) mass is 230 g/mol. The van der Waals surface area contributed by atoms with Gasteiger partial charge in [-0.3, -0.25) is 4.90 Å². The van der Waals surface area contributed by atoms with E-state index >= 15 is 0 Å². The van der Waals surface area contributed by atoms with Crippen molar-refractivity contribution in [3.63, 3.8) is 0 Å². The van der Waals surface area contributed by atoms with Crippen LogP contribution in [0.5, 0.6) is 0 Å². The number of likely N-dealkylation sites (tertiary alicyclic amines) is 1. The molecule has 2 nitrogen and oxygen atoms in total. The Morgan fingerprint density at radius 3 is 2.82 bits per heavy atom. The molecule has 0 aromatic heterocycles. The first-order valence-corrected chi connectivity index (χ1v) is 6.87. The Morgan fingerprint density at radius 2 is 2.06 bits per heavy atom. The number of nitrogens with zero attached hydrogens (tertiary/aromatic N) is 1. The summed E-state index contributed by atoms with van der Waals surface area (Å²) < 4.78 is 0. The van der Waals surface area contributed by atoms with Crippen molar-refractivity contribution in [1.29, 1.82) is 0 Å². The van der Waals surface area contributed by atoms with Gasteiger partial charge in [0, 0.05) is 25.2 Å². The van der Waals surface area contributed by atoms with Crippen molar-refractivity contribution in [3.8, 4) is 0 Å². The van der Waals surface area contributed by atoms with E-state index in [0.29, 0.717) is 6.04 Å². The van der Waals surface area contributed by atoms with Crippen LogP contribution in [0.15, 0.2) is 30.3 Å². The summed E-state index contributed by atoms with van der Waals surface area (Å²) in [7, 11) is 0. The minimum atomic E-state index is 0.559. The summed E-state index contributed by atoms with van der Waals surface area (Å²) in [6.45, 7) is 6.05. The Hall–Kier alpha value is -0.860. The highest BCUT2D eigenvalue weighted by Gasteiger charge is 2.36. The highest BCUT2D eigenvalue weighted by molar-refractivity contribution is 5.19. The maximum absolute atomic E-state index is 3.68. The Balaban J connectivity index is 1.70. The number of piperidine rings is 1. The maximum Gasteiger partial charge on any atom is 0.0320 e. The quantitative estimate of drug-likeness (QED) is 0.839. The molecular weight excluding hydrogens is 208 g/mol. The number of nitrogens with one attached hydrogen (secondary N) is 1. The molecule has 0 unspecified atom stereocenters. The molecule has 17 heavy (non-hydrogen) atoms. The van der Waals surface area contributed by atoms with Crippen LogP contribution in [0.25, 0.3) is 0 Å². The smallest absolute Gasteiger partial charge is 0.0320 e. The largest absolute Gasteiger partial charge is 0.312 e. The summed E-state index contributed by atoms with van der Waals surface area (Å²) >= 11 is 0. The molecule has 0 bridgehead atoms.